The molecule has 0 aromatic heterocycles. The number of rotatable bonds is 3. The lowest BCUT2D eigenvalue weighted by molar-refractivity contribution is -0.141. The van der Waals surface area contributed by atoms with Gasteiger partial charge < -0.3 is 14.7 Å². The molecule has 0 aromatic rings. The number of likely N-dealkylation sites (N-methyl/N-ethyl adjacent to an activating group) is 1. The fraction of sp³-hybridized carbons (Fsp3) is 0.786. The number of nitrogens with zero attached hydrogens (tertiary/aromatic N) is 1. The summed E-state index contributed by atoms with van der Waals surface area (Å²) in [4.78, 5) is 14.0. The molecule has 18 heavy (non-hydrogen) atoms. The van der Waals surface area contributed by atoms with Gasteiger partial charge in [0.15, 0.2) is 0 Å². The van der Waals surface area contributed by atoms with Crippen molar-refractivity contribution in [1.82, 2.24) is 4.90 Å². The monoisotopic (exact) mass is 253 g/mol. The van der Waals surface area contributed by atoms with E-state index in [0.717, 1.165) is 19.3 Å². The first-order valence-electron chi connectivity index (χ1n) is 6.81. The van der Waals surface area contributed by atoms with Crippen molar-refractivity contribution in [2.24, 2.45) is 5.92 Å². The topological polar surface area (TPSA) is 49.8 Å². The molecule has 1 N–H and O–H groups in total. The molecule has 4 heteroatoms. The summed E-state index contributed by atoms with van der Waals surface area (Å²) in [5.74, 6) is 0.266. The van der Waals surface area contributed by atoms with E-state index < -0.39 is 5.60 Å². The smallest absolute Gasteiger partial charge is 0.225 e. The average Bonchev–Trinajstić information content (AvgIpc) is 2.39. The molecule has 1 atom stereocenters. The summed E-state index contributed by atoms with van der Waals surface area (Å²) in [5.41, 5.74) is -0.757. The van der Waals surface area contributed by atoms with Crippen LogP contribution in [0.5, 0.6) is 0 Å². The van der Waals surface area contributed by atoms with Gasteiger partial charge in [-0.2, -0.15) is 0 Å². The lowest BCUT2D eigenvalue weighted by atomic mass is 9.91. The predicted octanol–water partition coefficient (Wildman–Crippen LogP) is 1.34. The highest BCUT2D eigenvalue weighted by molar-refractivity contribution is 5.79. The van der Waals surface area contributed by atoms with Gasteiger partial charge in [0.2, 0.25) is 5.91 Å². The molecule has 1 amide bonds. The summed E-state index contributed by atoms with van der Waals surface area (Å²) in [5, 5.41) is 10.4. The Labute approximate surface area is 109 Å². The van der Waals surface area contributed by atoms with Gasteiger partial charge in [0.05, 0.1) is 5.60 Å². The molecule has 102 valence electrons. The Bertz CT molecular complexity index is 321. The summed E-state index contributed by atoms with van der Waals surface area (Å²) in [7, 11) is 1.80. The van der Waals surface area contributed by atoms with Gasteiger partial charge in [-0.15, -0.1) is 0 Å². The van der Waals surface area contributed by atoms with Crippen molar-refractivity contribution in [2.45, 2.75) is 37.7 Å². The molecule has 1 saturated heterocycles. The highest BCUT2D eigenvalue weighted by Crippen LogP contribution is 2.24. The van der Waals surface area contributed by atoms with Gasteiger partial charge >= 0.3 is 0 Å². The number of hydrogen-bond donors (Lipinski definition) is 1. The van der Waals surface area contributed by atoms with Crippen LogP contribution in [0.2, 0.25) is 0 Å². The Balaban J connectivity index is 1.88. The van der Waals surface area contributed by atoms with Crippen LogP contribution in [-0.4, -0.2) is 48.3 Å². The highest BCUT2D eigenvalue weighted by Gasteiger charge is 2.33. The lowest BCUT2D eigenvalue weighted by Gasteiger charge is -2.36. The second kappa shape index (κ2) is 5.85. The molecule has 4 nitrogen and oxygen atoms in total. The third kappa shape index (κ3) is 3.33. The van der Waals surface area contributed by atoms with Crippen LogP contribution in [0.3, 0.4) is 0 Å². The zero-order valence-electron chi connectivity index (χ0n) is 11.1. The maximum Gasteiger partial charge on any atom is 0.225 e. The Morgan fingerprint density at radius 2 is 2.17 bits per heavy atom. The number of aliphatic hydroxyl groups is 1. The molecule has 0 saturated carbocycles. The van der Waals surface area contributed by atoms with E-state index in [1.54, 1.807) is 11.9 Å². The molecule has 1 aliphatic heterocycles. The number of carbonyl (C=O) groups is 1. The Morgan fingerprint density at radius 3 is 2.78 bits per heavy atom. The van der Waals surface area contributed by atoms with Crippen LogP contribution in [0, 0.1) is 5.92 Å². The standard InChI is InChI=1S/C14H23NO3/c1-15(11-14(17)7-9-18-10-8-14)13(16)12-5-3-2-4-6-12/h2-3,12,17H,4-11H2,1H3. The van der Waals surface area contributed by atoms with Crippen LogP contribution in [0.25, 0.3) is 0 Å². The first-order valence-corrected chi connectivity index (χ1v) is 6.81. The molecule has 1 heterocycles. The minimum atomic E-state index is -0.757. The quantitative estimate of drug-likeness (QED) is 0.772. The van der Waals surface area contributed by atoms with Crippen molar-refractivity contribution in [1.29, 1.82) is 0 Å². The van der Waals surface area contributed by atoms with E-state index in [1.807, 2.05) is 0 Å². The summed E-state index contributed by atoms with van der Waals surface area (Å²) in [6.45, 7) is 1.60. The van der Waals surface area contributed by atoms with Gasteiger partial charge in [0.25, 0.3) is 0 Å². The van der Waals surface area contributed by atoms with Gasteiger partial charge in [-0.05, 0) is 19.3 Å². The second-order valence-electron chi connectivity index (χ2n) is 5.51. The number of ether oxygens (including phenoxy) is 1. The zero-order valence-corrected chi connectivity index (χ0v) is 11.1. The number of allylic oxidation sites excluding steroid dienone is 2. The lowest BCUT2D eigenvalue weighted by Crippen LogP contribution is -2.48. The minimum absolute atomic E-state index is 0.100. The van der Waals surface area contributed by atoms with Crippen molar-refractivity contribution in [2.75, 3.05) is 26.8 Å². The summed E-state index contributed by atoms with van der Waals surface area (Å²) in [6, 6.07) is 0. The van der Waals surface area contributed by atoms with E-state index in [9.17, 15) is 9.90 Å². The third-order valence-corrected chi connectivity index (χ3v) is 3.95. The number of hydrogen-bond acceptors (Lipinski definition) is 3. The molecule has 0 bridgehead atoms. The first kappa shape index (κ1) is 13.6. The van der Waals surface area contributed by atoms with Gasteiger partial charge in [-0.3, -0.25) is 4.79 Å². The normalized spacial score (nSPS) is 26.9. The first-order chi connectivity index (χ1) is 8.61. The molecule has 2 aliphatic rings. The van der Waals surface area contributed by atoms with Crippen molar-refractivity contribution in [3.63, 3.8) is 0 Å². The van der Waals surface area contributed by atoms with Crippen LogP contribution in [-0.2, 0) is 9.53 Å². The van der Waals surface area contributed by atoms with Gasteiger partial charge in [-0.25, -0.2) is 0 Å². The van der Waals surface area contributed by atoms with E-state index in [4.69, 9.17) is 4.74 Å². The summed E-state index contributed by atoms with van der Waals surface area (Å²) >= 11 is 0. The molecule has 0 radical (unpaired) electrons. The van der Waals surface area contributed by atoms with Gasteiger partial charge in [0, 0.05) is 45.6 Å². The average molecular weight is 253 g/mol. The SMILES string of the molecule is CN(CC1(O)CCOCC1)C(=O)C1CC=CCC1. The van der Waals surface area contributed by atoms with Gasteiger partial charge in [-0.1, -0.05) is 12.2 Å². The molecular formula is C14H23NO3. The van der Waals surface area contributed by atoms with E-state index in [-0.39, 0.29) is 11.8 Å². The van der Waals surface area contributed by atoms with E-state index in [2.05, 4.69) is 12.2 Å². The van der Waals surface area contributed by atoms with Gasteiger partial charge in [0.1, 0.15) is 0 Å². The van der Waals surface area contributed by atoms with Crippen molar-refractivity contribution in [3.05, 3.63) is 12.2 Å². The molecule has 1 unspecified atom stereocenters. The maximum atomic E-state index is 12.3. The van der Waals surface area contributed by atoms with Crippen LogP contribution in [0.1, 0.15) is 32.1 Å². The molecular weight excluding hydrogens is 230 g/mol. The largest absolute Gasteiger partial charge is 0.388 e. The highest BCUT2D eigenvalue weighted by atomic mass is 16.5. The molecule has 1 aliphatic carbocycles. The van der Waals surface area contributed by atoms with E-state index in [0.29, 0.717) is 32.6 Å². The molecule has 0 spiro atoms. The number of amides is 1. The fourth-order valence-electron chi connectivity index (χ4n) is 2.76. The van der Waals surface area contributed by atoms with E-state index >= 15 is 0 Å². The van der Waals surface area contributed by atoms with Crippen LogP contribution in [0.4, 0.5) is 0 Å². The summed E-state index contributed by atoms with van der Waals surface area (Å²) < 4.78 is 5.25. The number of carbonyl (C=O) groups excluding carboxylic acids is 1. The minimum Gasteiger partial charge on any atom is -0.388 e. The maximum absolute atomic E-state index is 12.3. The second-order valence-corrected chi connectivity index (χ2v) is 5.51. The van der Waals surface area contributed by atoms with E-state index in [1.165, 1.54) is 0 Å². The zero-order chi connectivity index (χ0) is 13.0. The fourth-order valence-corrected chi connectivity index (χ4v) is 2.76. The molecule has 0 aromatic carbocycles. The summed E-state index contributed by atoms with van der Waals surface area (Å²) in [6.07, 6.45) is 8.22. The van der Waals surface area contributed by atoms with Crippen LogP contribution < -0.4 is 0 Å². The van der Waals surface area contributed by atoms with Crippen molar-refractivity contribution >= 4 is 5.91 Å². The molecule has 1 fully saturated rings. The van der Waals surface area contributed by atoms with Crippen LogP contribution >= 0.6 is 0 Å². The Hall–Kier alpha value is -0.870. The predicted molar refractivity (Wildman–Crippen MR) is 69.1 cm³/mol. The van der Waals surface area contributed by atoms with Crippen molar-refractivity contribution < 1.29 is 14.6 Å². The third-order valence-electron chi connectivity index (χ3n) is 3.95. The van der Waals surface area contributed by atoms with Crippen LogP contribution in [0.15, 0.2) is 12.2 Å². The van der Waals surface area contributed by atoms with Crippen molar-refractivity contribution in [3.8, 4) is 0 Å². The Kier molecular flexibility index (Phi) is 4.40. The Morgan fingerprint density at radius 1 is 1.44 bits per heavy atom. The molecule has 2 rings (SSSR count).